The smallest absolute Gasteiger partial charge is 0.280 e. The molecular weight excluding hydrogens is 284 g/mol. The van der Waals surface area contributed by atoms with Crippen LogP contribution in [0.15, 0.2) is 29.1 Å². The van der Waals surface area contributed by atoms with Crippen LogP contribution in [0.2, 0.25) is 0 Å². The number of fused-ring (bicyclic) bond motifs is 2. The van der Waals surface area contributed by atoms with Crippen molar-refractivity contribution in [2.75, 3.05) is 6.61 Å². The van der Waals surface area contributed by atoms with Crippen molar-refractivity contribution < 1.29 is 9.53 Å². The number of H-pyrrole nitrogens is 1. The Balaban J connectivity index is 1.60. The summed E-state index contributed by atoms with van der Waals surface area (Å²) in [4.78, 5) is 31.2. The van der Waals surface area contributed by atoms with Gasteiger partial charge in [0.1, 0.15) is 0 Å². The fourth-order valence-corrected chi connectivity index (χ4v) is 3.33. The van der Waals surface area contributed by atoms with Crippen molar-refractivity contribution in [3.05, 3.63) is 40.3 Å². The Morgan fingerprint density at radius 2 is 2.23 bits per heavy atom. The Morgan fingerprint density at radius 3 is 3.09 bits per heavy atom. The highest BCUT2D eigenvalue weighted by Crippen LogP contribution is 2.37. The van der Waals surface area contributed by atoms with E-state index in [1.807, 2.05) is 0 Å². The Labute approximate surface area is 125 Å². The van der Waals surface area contributed by atoms with Crippen LogP contribution in [0.5, 0.6) is 0 Å². The van der Waals surface area contributed by atoms with Gasteiger partial charge in [-0.25, -0.2) is 4.98 Å². The second-order valence-corrected chi connectivity index (χ2v) is 5.80. The first-order valence-corrected chi connectivity index (χ1v) is 7.32. The molecule has 1 aliphatic heterocycles. The first-order valence-electron chi connectivity index (χ1n) is 7.32. The van der Waals surface area contributed by atoms with Gasteiger partial charge in [-0.05, 0) is 18.6 Å². The second kappa shape index (κ2) is 4.89. The number of nitrogens with zero attached hydrogens (tertiary/aromatic N) is 1. The Bertz CT molecular complexity index is 803. The molecule has 2 fully saturated rings. The maximum atomic E-state index is 12.3. The molecule has 22 heavy (non-hydrogen) atoms. The van der Waals surface area contributed by atoms with Crippen molar-refractivity contribution in [1.29, 1.82) is 0 Å². The van der Waals surface area contributed by atoms with Gasteiger partial charge in [-0.3, -0.25) is 9.59 Å². The average Bonchev–Trinajstić information content (AvgIpc) is 2.96. The zero-order chi connectivity index (χ0) is 15.3. The van der Waals surface area contributed by atoms with Gasteiger partial charge in [0.25, 0.3) is 11.5 Å². The van der Waals surface area contributed by atoms with E-state index in [1.165, 1.54) is 0 Å². The molecule has 4 N–H and O–H groups in total. The molecule has 0 bridgehead atoms. The molecule has 0 radical (unpaired) electrons. The summed E-state index contributed by atoms with van der Waals surface area (Å²) in [6.07, 6.45) is 0.881. The first kappa shape index (κ1) is 13.4. The molecular formula is C15H16N4O3. The number of nitrogens with one attached hydrogen (secondary N) is 2. The zero-order valence-electron chi connectivity index (χ0n) is 11.8. The molecule has 7 heteroatoms. The van der Waals surface area contributed by atoms with E-state index in [0.29, 0.717) is 23.6 Å². The molecule has 2 aromatic rings. The highest BCUT2D eigenvalue weighted by atomic mass is 16.5. The third-order valence-electron chi connectivity index (χ3n) is 4.56. The van der Waals surface area contributed by atoms with Crippen LogP contribution >= 0.6 is 0 Å². The maximum Gasteiger partial charge on any atom is 0.280 e. The molecule has 1 saturated heterocycles. The number of hydrogen-bond donors (Lipinski definition) is 3. The van der Waals surface area contributed by atoms with Crippen LogP contribution in [0.3, 0.4) is 0 Å². The minimum Gasteiger partial charge on any atom is -0.376 e. The fourth-order valence-electron chi connectivity index (χ4n) is 3.33. The van der Waals surface area contributed by atoms with Gasteiger partial charge in [-0.2, -0.15) is 0 Å². The van der Waals surface area contributed by atoms with Crippen LogP contribution in [0.25, 0.3) is 11.0 Å². The molecule has 7 nitrogen and oxygen atoms in total. The third kappa shape index (κ3) is 1.93. The first-order chi connectivity index (χ1) is 10.6. The van der Waals surface area contributed by atoms with Gasteiger partial charge in [-0.1, -0.05) is 12.1 Å². The van der Waals surface area contributed by atoms with Crippen LogP contribution < -0.4 is 16.6 Å². The van der Waals surface area contributed by atoms with Crippen molar-refractivity contribution in [2.24, 2.45) is 11.7 Å². The molecule has 0 spiro atoms. The predicted molar refractivity (Wildman–Crippen MR) is 79.4 cm³/mol. The molecule has 1 aromatic heterocycles. The lowest BCUT2D eigenvalue weighted by molar-refractivity contribution is -0.0161. The topological polar surface area (TPSA) is 110 Å². The summed E-state index contributed by atoms with van der Waals surface area (Å²) in [5.41, 5.74) is 6.58. The van der Waals surface area contributed by atoms with Crippen molar-refractivity contribution in [3.8, 4) is 0 Å². The van der Waals surface area contributed by atoms with E-state index in [0.717, 1.165) is 6.42 Å². The van der Waals surface area contributed by atoms with Crippen molar-refractivity contribution in [2.45, 2.75) is 24.6 Å². The summed E-state index contributed by atoms with van der Waals surface area (Å²) < 4.78 is 5.57. The van der Waals surface area contributed by atoms with Crippen molar-refractivity contribution >= 4 is 16.9 Å². The summed E-state index contributed by atoms with van der Waals surface area (Å²) in [6.45, 7) is 0.671. The largest absolute Gasteiger partial charge is 0.376 e. The number of aromatic amines is 1. The number of ether oxygens (including phenoxy) is 1. The van der Waals surface area contributed by atoms with Crippen LogP contribution in [-0.4, -0.2) is 40.7 Å². The summed E-state index contributed by atoms with van der Waals surface area (Å²) >= 11 is 0. The van der Waals surface area contributed by atoms with Gasteiger partial charge in [0, 0.05) is 18.6 Å². The van der Waals surface area contributed by atoms with Gasteiger partial charge >= 0.3 is 0 Å². The monoisotopic (exact) mass is 300 g/mol. The molecule has 114 valence electrons. The summed E-state index contributed by atoms with van der Waals surface area (Å²) in [5.74, 6) is -0.213. The fraction of sp³-hybridized carbons (Fsp3) is 0.400. The zero-order valence-corrected chi connectivity index (χ0v) is 11.8. The number of para-hydroxylation sites is 2. The minimum atomic E-state index is -0.513. The van der Waals surface area contributed by atoms with E-state index in [2.05, 4.69) is 15.3 Å². The van der Waals surface area contributed by atoms with E-state index < -0.39 is 11.5 Å². The highest BCUT2D eigenvalue weighted by molar-refractivity contribution is 5.94. The lowest BCUT2D eigenvalue weighted by Crippen LogP contribution is -2.69. The molecule has 1 saturated carbocycles. The van der Waals surface area contributed by atoms with Crippen LogP contribution in [-0.2, 0) is 4.74 Å². The van der Waals surface area contributed by atoms with Crippen LogP contribution in [0.4, 0.5) is 0 Å². The number of rotatable bonds is 2. The number of benzene rings is 1. The number of carbonyl (C=O) groups is 1. The molecule has 1 aromatic carbocycles. The van der Waals surface area contributed by atoms with E-state index in [-0.39, 0.29) is 23.9 Å². The Kier molecular flexibility index (Phi) is 2.98. The van der Waals surface area contributed by atoms with Gasteiger partial charge in [-0.15, -0.1) is 0 Å². The molecule has 4 atom stereocenters. The summed E-state index contributed by atoms with van der Waals surface area (Å²) in [7, 11) is 0. The number of amides is 1. The molecule has 1 aliphatic carbocycles. The molecule has 4 rings (SSSR count). The maximum absolute atomic E-state index is 12.3. The highest BCUT2D eigenvalue weighted by Gasteiger charge is 2.52. The minimum absolute atomic E-state index is 0.0431. The summed E-state index contributed by atoms with van der Waals surface area (Å²) in [5, 5.41) is 2.79. The molecule has 0 unspecified atom stereocenters. The van der Waals surface area contributed by atoms with Crippen molar-refractivity contribution in [3.63, 3.8) is 0 Å². The molecule has 2 heterocycles. The standard InChI is InChI=1S/C15H16N4O3/c16-10-7-5-6-22-13(7)11(10)19-15(21)12-14(20)18-9-4-2-1-3-8(9)17-12/h1-4,7,10-11,13H,5-6,16H2,(H,18,20)(H,19,21)/t7-,10+,11-,13-/m1/s1. The average molecular weight is 300 g/mol. The number of nitrogens with two attached hydrogens (primary N) is 1. The van der Waals surface area contributed by atoms with Crippen LogP contribution in [0, 0.1) is 5.92 Å². The Hall–Kier alpha value is -2.25. The lowest BCUT2D eigenvalue weighted by Gasteiger charge is -2.45. The lowest BCUT2D eigenvalue weighted by atomic mass is 9.72. The number of carbonyl (C=O) groups excluding carboxylic acids is 1. The van der Waals surface area contributed by atoms with Gasteiger partial charge in [0.05, 0.1) is 23.2 Å². The van der Waals surface area contributed by atoms with E-state index in [4.69, 9.17) is 10.5 Å². The molecule has 2 aliphatic rings. The quantitative estimate of drug-likeness (QED) is 0.709. The van der Waals surface area contributed by atoms with E-state index in [1.54, 1.807) is 24.3 Å². The van der Waals surface area contributed by atoms with Gasteiger partial charge in [0.15, 0.2) is 5.69 Å². The third-order valence-corrected chi connectivity index (χ3v) is 4.56. The predicted octanol–water partition coefficient (Wildman–Crippen LogP) is -0.233. The summed E-state index contributed by atoms with van der Waals surface area (Å²) in [6, 6.07) is 6.69. The van der Waals surface area contributed by atoms with Crippen molar-refractivity contribution in [1.82, 2.24) is 15.3 Å². The normalized spacial score (nSPS) is 29.9. The number of hydrogen-bond acceptors (Lipinski definition) is 5. The Morgan fingerprint density at radius 1 is 1.41 bits per heavy atom. The second-order valence-electron chi connectivity index (χ2n) is 5.80. The van der Waals surface area contributed by atoms with E-state index in [9.17, 15) is 9.59 Å². The van der Waals surface area contributed by atoms with E-state index >= 15 is 0 Å². The number of aromatic nitrogens is 2. The van der Waals surface area contributed by atoms with Gasteiger partial charge < -0.3 is 20.8 Å². The van der Waals surface area contributed by atoms with Crippen LogP contribution in [0.1, 0.15) is 16.9 Å². The SMILES string of the molecule is N[C@H]1[C@H]2CCO[C@H]2[C@@H]1NC(=O)c1nc2ccccc2[nH]c1=O. The van der Waals surface area contributed by atoms with Gasteiger partial charge in [0.2, 0.25) is 0 Å². The molecule has 1 amide bonds.